The van der Waals surface area contributed by atoms with Gasteiger partial charge in [0.15, 0.2) is 0 Å². The Hall–Kier alpha value is -3.41. The molecule has 6 nitrogen and oxygen atoms in total. The SMILES string of the molecule is C=CC(=O)N1CCn2nc(-c3ccccc3OC)c(-c3ccncc3)c2C1. The normalized spacial score (nSPS) is 13.1. The van der Waals surface area contributed by atoms with Gasteiger partial charge >= 0.3 is 0 Å². The fourth-order valence-electron chi connectivity index (χ4n) is 3.49. The van der Waals surface area contributed by atoms with Gasteiger partial charge in [0.2, 0.25) is 5.91 Å². The number of ether oxygens (including phenoxy) is 1. The van der Waals surface area contributed by atoms with Gasteiger partial charge in [-0.25, -0.2) is 0 Å². The maximum atomic E-state index is 12.1. The molecule has 0 spiro atoms. The Morgan fingerprint density at radius 2 is 1.96 bits per heavy atom. The van der Waals surface area contributed by atoms with Crippen LogP contribution in [-0.2, 0) is 17.9 Å². The Balaban J connectivity index is 1.92. The number of fused-ring (bicyclic) bond motifs is 1. The zero-order valence-corrected chi connectivity index (χ0v) is 15.1. The van der Waals surface area contributed by atoms with Crippen LogP contribution in [-0.4, -0.2) is 39.2 Å². The number of hydrogen-bond acceptors (Lipinski definition) is 4. The van der Waals surface area contributed by atoms with E-state index in [1.54, 1.807) is 24.4 Å². The standard InChI is InChI=1S/C21H20N4O2/c1-3-19(26)24-12-13-25-17(14-24)20(15-8-10-22-11-9-15)21(23-25)16-6-4-5-7-18(16)27-2/h3-11H,1,12-14H2,2H3. The molecule has 1 aliphatic heterocycles. The first kappa shape index (κ1) is 17.0. The van der Waals surface area contributed by atoms with Crippen molar-refractivity contribution >= 4 is 5.91 Å². The van der Waals surface area contributed by atoms with Gasteiger partial charge in [-0.15, -0.1) is 0 Å². The number of pyridine rings is 1. The third-order valence-corrected chi connectivity index (χ3v) is 4.80. The number of nitrogens with zero attached hydrogens (tertiary/aromatic N) is 4. The average Bonchev–Trinajstić information content (AvgIpc) is 3.12. The quantitative estimate of drug-likeness (QED) is 0.671. The molecule has 1 aromatic carbocycles. The van der Waals surface area contributed by atoms with Crippen LogP contribution < -0.4 is 4.74 Å². The average molecular weight is 360 g/mol. The van der Waals surface area contributed by atoms with Gasteiger partial charge in [0.1, 0.15) is 11.4 Å². The highest BCUT2D eigenvalue weighted by molar-refractivity contribution is 5.88. The van der Waals surface area contributed by atoms with Crippen molar-refractivity contribution in [2.75, 3.05) is 13.7 Å². The summed E-state index contributed by atoms with van der Waals surface area (Å²) in [7, 11) is 1.66. The van der Waals surface area contributed by atoms with Crippen LogP contribution in [0, 0.1) is 0 Å². The zero-order valence-electron chi connectivity index (χ0n) is 15.1. The molecule has 27 heavy (non-hydrogen) atoms. The number of methoxy groups -OCH3 is 1. The number of carbonyl (C=O) groups is 1. The molecular formula is C21H20N4O2. The molecule has 0 fully saturated rings. The van der Waals surface area contributed by atoms with E-state index < -0.39 is 0 Å². The second kappa shape index (κ2) is 7.07. The van der Waals surface area contributed by atoms with Crippen molar-refractivity contribution in [3.05, 3.63) is 67.1 Å². The van der Waals surface area contributed by atoms with Crippen molar-refractivity contribution in [3.63, 3.8) is 0 Å². The van der Waals surface area contributed by atoms with Gasteiger partial charge in [0, 0.05) is 30.1 Å². The number of aromatic nitrogens is 3. The fourth-order valence-corrected chi connectivity index (χ4v) is 3.49. The van der Waals surface area contributed by atoms with Crippen LogP contribution in [0.4, 0.5) is 0 Å². The van der Waals surface area contributed by atoms with Crippen molar-refractivity contribution in [1.29, 1.82) is 0 Å². The topological polar surface area (TPSA) is 60.2 Å². The number of rotatable bonds is 4. The largest absolute Gasteiger partial charge is 0.496 e. The summed E-state index contributed by atoms with van der Waals surface area (Å²) in [6.07, 6.45) is 4.89. The van der Waals surface area contributed by atoms with E-state index >= 15 is 0 Å². The smallest absolute Gasteiger partial charge is 0.246 e. The third kappa shape index (κ3) is 2.99. The predicted octanol–water partition coefficient (Wildman–Crippen LogP) is 3.15. The molecule has 0 bridgehead atoms. The molecule has 1 amide bonds. The third-order valence-electron chi connectivity index (χ3n) is 4.80. The van der Waals surface area contributed by atoms with Crippen LogP contribution >= 0.6 is 0 Å². The summed E-state index contributed by atoms with van der Waals surface area (Å²) in [5, 5.41) is 4.88. The van der Waals surface area contributed by atoms with Crippen LogP contribution in [0.2, 0.25) is 0 Å². The van der Waals surface area contributed by atoms with Gasteiger partial charge in [-0.1, -0.05) is 18.7 Å². The molecule has 0 saturated carbocycles. The molecule has 0 radical (unpaired) electrons. The van der Waals surface area contributed by atoms with Gasteiger partial charge < -0.3 is 9.64 Å². The van der Waals surface area contributed by atoms with E-state index in [1.165, 1.54) is 6.08 Å². The van der Waals surface area contributed by atoms with Gasteiger partial charge in [-0.05, 0) is 35.9 Å². The molecule has 6 heteroatoms. The summed E-state index contributed by atoms with van der Waals surface area (Å²) >= 11 is 0. The van der Waals surface area contributed by atoms with Crippen molar-refractivity contribution in [2.24, 2.45) is 0 Å². The fraction of sp³-hybridized carbons (Fsp3) is 0.190. The molecule has 1 aliphatic rings. The molecule has 136 valence electrons. The van der Waals surface area contributed by atoms with Crippen LogP contribution in [0.15, 0.2) is 61.4 Å². The summed E-state index contributed by atoms with van der Waals surface area (Å²) in [6.45, 7) is 5.35. The van der Waals surface area contributed by atoms with E-state index in [0.717, 1.165) is 33.8 Å². The first-order valence-electron chi connectivity index (χ1n) is 8.77. The van der Waals surface area contributed by atoms with E-state index in [2.05, 4.69) is 11.6 Å². The lowest BCUT2D eigenvalue weighted by Crippen LogP contribution is -2.37. The molecular weight excluding hydrogens is 340 g/mol. The van der Waals surface area contributed by atoms with Crippen LogP contribution in [0.3, 0.4) is 0 Å². The number of amides is 1. The summed E-state index contributed by atoms with van der Waals surface area (Å²) < 4.78 is 7.55. The van der Waals surface area contributed by atoms with Crippen molar-refractivity contribution in [2.45, 2.75) is 13.1 Å². The highest BCUT2D eigenvalue weighted by Gasteiger charge is 2.28. The molecule has 2 aromatic heterocycles. The molecule has 3 aromatic rings. The van der Waals surface area contributed by atoms with Gasteiger partial charge in [0.25, 0.3) is 0 Å². The molecule has 0 atom stereocenters. The number of hydrogen-bond donors (Lipinski definition) is 0. The Morgan fingerprint density at radius 3 is 2.70 bits per heavy atom. The Bertz CT molecular complexity index is 995. The molecule has 0 N–H and O–H groups in total. The Kier molecular flexibility index (Phi) is 4.46. The number of carbonyl (C=O) groups excluding carboxylic acids is 1. The lowest BCUT2D eigenvalue weighted by atomic mass is 9.98. The van der Waals surface area contributed by atoms with Crippen molar-refractivity contribution < 1.29 is 9.53 Å². The molecule has 0 aliphatic carbocycles. The monoisotopic (exact) mass is 360 g/mol. The molecule has 0 unspecified atom stereocenters. The minimum absolute atomic E-state index is 0.0676. The van der Waals surface area contributed by atoms with Gasteiger partial charge in [0.05, 0.1) is 25.9 Å². The molecule has 4 rings (SSSR count). The second-order valence-corrected chi connectivity index (χ2v) is 6.29. The Labute approximate surface area is 157 Å². The first-order valence-corrected chi connectivity index (χ1v) is 8.77. The van der Waals surface area contributed by atoms with E-state index in [4.69, 9.17) is 9.84 Å². The number of benzene rings is 1. The summed E-state index contributed by atoms with van der Waals surface area (Å²) in [6, 6.07) is 11.8. The van der Waals surface area contributed by atoms with E-state index in [9.17, 15) is 4.79 Å². The van der Waals surface area contributed by atoms with Crippen LogP contribution in [0.1, 0.15) is 5.69 Å². The van der Waals surface area contributed by atoms with E-state index in [-0.39, 0.29) is 5.91 Å². The van der Waals surface area contributed by atoms with Crippen molar-refractivity contribution in [1.82, 2.24) is 19.7 Å². The second-order valence-electron chi connectivity index (χ2n) is 6.29. The first-order chi connectivity index (χ1) is 13.2. The summed E-state index contributed by atoms with van der Waals surface area (Å²) in [4.78, 5) is 18.1. The Morgan fingerprint density at radius 1 is 1.19 bits per heavy atom. The lowest BCUT2D eigenvalue weighted by molar-refractivity contribution is -0.127. The van der Waals surface area contributed by atoms with E-state index in [0.29, 0.717) is 19.6 Å². The maximum absolute atomic E-state index is 12.1. The highest BCUT2D eigenvalue weighted by Crippen LogP contribution is 2.39. The highest BCUT2D eigenvalue weighted by atomic mass is 16.5. The zero-order chi connectivity index (χ0) is 18.8. The maximum Gasteiger partial charge on any atom is 0.246 e. The van der Waals surface area contributed by atoms with Crippen molar-refractivity contribution in [3.8, 4) is 28.1 Å². The van der Waals surface area contributed by atoms with Crippen LogP contribution in [0.25, 0.3) is 22.4 Å². The summed E-state index contributed by atoms with van der Waals surface area (Å²) in [5.41, 5.74) is 4.80. The van der Waals surface area contributed by atoms with E-state index in [1.807, 2.05) is 41.1 Å². The minimum Gasteiger partial charge on any atom is -0.496 e. The number of para-hydroxylation sites is 1. The summed E-state index contributed by atoms with van der Waals surface area (Å²) in [5.74, 6) is 0.698. The molecule has 3 heterocycles. The van der Waals surface area contributed by atoms with Gasteiger partial charge in [-0.3, -0.25) is 14.5 Å². The molecule has 0 saturated heterocycles. The minimum atomic E-state index is -0.0676. The lowest BCUT2D eigenvalue weighted by Gasteiger charge is -2.27. The van der Waals surface area contributed by atoms with Gasteiger partial charge in [-0.2, -0.15) is 5.10 Å². The predicted molar refractivity (Wildman–Crippen MR) is 103 cm³/mol. The van der Waals surface area contributed by atoms with Crippen LogP contribution in [0.5, 0.6) is 5.75 Å².